The molecule has 2 N–H and O–H groups in total. The van der Waals surface area contributed by atoms with E-state index in [0.29, 0.717) is 5.82 Å². The number of nitrogens with zero attached hydrogens (tertiary/aromatic N) is 1. The maximum absolute atomic E-state index is 13.4. The molecule has 0 aliphatic carbocycles. The number of benzene rings is 1. The van der Waals surface area contributed by atoms with Crippen molar-refractivity contribution < 1.29 is 8.91 Å². The van der Waals surface area contributed by atoms with Crippen molar-refractivity contribution in [2.75, 3.05) is 5.73 Å². The minimum absolute atomic E-state index is 0.279. The van der Waals surface area contributed by atoms with Gasteiger partial charge < -0.3 is 10.3 Å². The first kappa shape index (κ1) is 15.5. The third kappa shape index (κ3) is 4.31. The van der Waals surface area contributed by atoms with Gasteiger partial charge in [-0.15, -0.1) is 0 Å². The number of hydrogen-bond acceptors (Lipinski definition) is 3. The van der Waals surface area contributed by atoms with Crippen LogP contribution in [0.5, 0.6) is 0 Å². The molecule has 0 bridgehead atoms. The monoisotopic (exact) mass is 290 g/mol. The highest BCUT2D eigenvalue weighted by molar-refractivity contribution is 5.75. The van der Waals surface area contributed by atoms with E-state index in [-0.39, 0.29) is 5.82 Å². The van der Waals surface area contributed by atoms with Crippen LogP contribution < -0.4 is 5.73 Å². The molecule has 0 amide bonds. The lowest BCUT2D eigenvalue weighted by atomic mass is 10.0. The van der Waals surface area contributed by atoms with Crippen molar-refractivity contribution in [1.82, 2.24) is 5.16 Å². The topological polar surface area (TPSA) is 52.0 Å². The maximum atomic E-state index is 13.4. The lowest BCUT2D eigenvalue weighted by Crippen LogP contribution is -1.92. The molecule has 0 spiro atoms. The summed E-state index contributed by atoms with van der Waals surface area (Å²) in [5.74, 6) is 0.814. The molecular weight excluding hydrogens is 267 g/mol. The Kier molecular flexibility index (Phi) is 5.78. The summed E-state index contributed by atoms with van der Waals surface area (Å²) in [5.41, 5.74) is 7.34. The van der Waals surface area contributed by atoms with Crippen molar-refractivity contribution in [3.05, 3.63) is 35.8 Å². The summed E-state index contributed by atoms with van der Waals surface area (Å²) in [6.45, 7) is 2.21. The number of hydrogen-bond donors (Lipinski definition) is 1. The van der Waals surface area contributed by atoms with E-state index in [4.69, 9.17) is 10.3 Å². The van der Waals surface area contributed by atoms with Crippen molar-refractivity contribution in [3.63, 3.8) is 0 Å². The number of anilines is 1. The molecule has 1 aromatic carbocycles. The summed E-state index contributed by atoms with van der Waals surface area (Å²) in [6.07, 6.45) is 8.08. The summed E-state index contributed by atoms with van der Waals surface area (Å²) in [5, 5.41) is 3.83. The van der Waals surface area contributed by atoms with Crippen LogP contribution in [0.1, 0.15) is 51.2 Å². The first-order valence-electron chi connectivity index (χ1n) is 7.72. The number of nitrogen functional groups attached to an aromatic ring is 1. The Labute approximate surface area is 125 Å². The zero-order valence-corrected chi connectivity index (χ0v) is 12.6. The van der Waals surface area contributed by atoms with Crippen molar-refractivity contribution in [2.24, 2.45) is 0 Å². The zero-order chi connectivity index (χ0) is 15.1. The molecule has 0 atom stereocenters. The average Bonchev–Trinajstić information content (AvgIpc) is 2.84. The highest BCUT2D eigenvalue weighted by Gasteiger charge is 2.15. The molecular formula is C17H23FN2O. The van der Waals surface area contributed by atoms with Gasteiger partial charge in [-0.25, -0.2) is 4.39 Å². The molecule has 0 saturated heterocycles. The molecule has 0 aliphatic rings. The zero-order valence-electron chi connectivity index (χ0n) is 12.6. The molecule has 21 heavy (non-hydrogen) atoms. The molecule has 3 nitrogen and oxygen atoms in total. The number of aryl methyl sites for hydroxylation is 1. The third-order valence-electron chi connectivity index (χ3n) is 3.66. The van der Waals surface area contributed by atoms with Gasteiger partial charge in [0.1, 0.15) is 11.6 Å². The van der Waals surface area contributed by atoms with Gasteiger partial charge in [0.15, 0.2) is 5.82 Å². The molecule has 114 valence electrons. The van der Waals surface area contributed by atoms with Crippen LogP contribution >= 0.6 is 0 Å². The smallest absolute Gasteiger partial charge is 0.175 e. The van der Waals surface area contributed by atoms with Gasteiger partial charge in [0.25, 0.3) is 0 Å². The van der Waals surface area contributed by atoms with E-state index in [9.17, 15) is 4.39 Å². The van der Waals surface area contributed by atoms with Crippen LogP contribution in [0.15, 0.2) is 28.8 Å². The average molecular weight is 290 g/mol. The Hall–Kier alpha value is -1.84. The van der Waals surface area contributed by atoms with Crippen molar-refractivity contribution in [1.29, 1.82) is 0 Å². The molecule has 0 fully saturated rings. The van der Waals surface area contributed by atoms with Crippen molar-refractivity contribution >= 4 is 5.82 Å². The lowest BCUT2D eigenvalue weighted by Gasteiger charge is -2.03. The van der Waals surface area contributed by atoms with E-state index in [1.807, 2.05) is 6.07 Å². The predicted molar refractivity (Wildman–Crippen MR) is 83.4 cm³/mol. The number of rotatable bonds is 8. The fourth-order valence-corrected chi connectivity index (χ4v) is 2.53. The molecule has 0 unspecified atom stereocenters. The molecule has 1 aromatic heterocycles. The SMILES string of the molecule is CCCCCCCCc1onc(N)c1-c1cccc(F)c1. The second kappa shape index (κ2) is 7.81. The standard InChI is InChI=1S/C17H23FN2O/c1-2-3-4-5-6-7-11-15-16(17(19)20-21-15)13-9-8-10-14(18)12-13/h8-10,12H,2-7,11H2,1H3,(H2,19,20). The van der Waals surface area contributed by atoms with Crippen LogP contribution in [0.25, 0.3) is 11.1 Å². The van der Waals surface area contributed by atoms with Gasteiger partial charge >= 0.3 is 0 Å². The summed E-state index contributed by atoms with van der Waals surface area (Å²) in [7, 11) is 0. The first-order valence-corrected chi connectivity index (χ1v) is 7.72. The van der Waals surface area contributed by atoms with E-state index in [1.54, 1.807) is 6.07 Å². The number of nitrogens with two attached hydrogens (primary N) is 1. The summed E-state index contributed by atoms with van der Waals surface area (Å²) in [4.78, 5) is 0. The summed E-state index contributed by atoms with van der Waals surface area (Å²) < 4.78 is 18.7. The van der Waals surface area contributed by atoms with E-state index in [1.165, 1.54) is 44.2 Å². The predicted octanol–water partition coefficient (Wildman–Crippen LogP) is 4.97. The maximum Gasteiger partial charge on any atom is 0.175 e. The quantitative estimate of drug-likeness (QED) is 0.699. The minimum atomic E-state index is -0.279. The van der Waals surface area contributed by atoms with E-state index in [2.05, 4.69) is 12.1 Å². The minimum Gasteiger partial charge on any atom is -0.380 e. The van der Waals surface area contributed by atoms with Gasteiger partial charge in [-0.1, -0.05) is 56.3 Å². The van der Waals surface area contributed by atoms with Gasteiger partial charge in [-0.05, 0) is 24.1 Å². The number of unbranched alkanes of at least 4 members (excludes halogenated alkanes) is 5. The summed E-state index contributed by atoms with van der Waals surface area (Å²) in [6, 6.07) is 6.39. The fraction of sp³-hybridized carbons (Fsp3) is 0.471. The molecule has 2 rings (SSSR count). The van der Waals surface area contributed by atoms with Gasteiger partial charge in [-0.3, -0.25) is 0 Å². The van der Waals surface area contributed by atoms with E-state index < -0.39 is 0 Å². The Morgan fingerprint density at radius 2 is 1.90 bits per heavy atom. The number of halogens is 1. The Morgan fingerprint density at radius 3 is 2.67 bits per heavy atom. The Morgan fingerprint density at radius 1 is 1.14 bits per heavy atom. The Balaban J connectivity index is 1.98. The van der Waals surface area contributed by atoms with E-state index >= 15 is 0 Å². The van der Waals surface area contributed by atoms with Crippen molar-refractivity contribution in [2.45, 2.75) is 51.9 Å². The van der Waals surface area contributed by atoms with Gasteiger partial charge in [0.05, 0.1) is 5.56 Å². The fourth-order valence-electron chi connectivity index (χ4n) is 2.53. The third-order valence-corrected chi connectivity index (χ3v) is 3.66. The van der Waals surface area contributed by atoms with Crippen LogP contribution in [-0.2, 0) is 6.42 Å². The van der Waals surface area contributed by atoms with Crippen LogP contribution in [0.2, 0.25) is 0 Å². The largest absolute Gasteiger partial charge is 0.380 e. The number of aromatic nitrogens is 1. The van der Waals surface area contributed by atoms with Crippen LogP contribution in [-0.4, -0.2) is 5.16 Å². The second-order valence-corrected chi connectivity index (χ2v) is 5.39. The highest BCUT2D eigenvalue weighted by atomic mass is 19.1. The lowest BCUT2D eigenvalue weighted by molar-refractivity contribution is 0.381. The molecule has 0 saturated carbocycles. The molecule has 2 aromatic rings. The van der Waals surface area contributed by atoms with Crippen LogP contribution in [0.3, 0.4) is 0 Å². The normalized spacial score (nSPS) is 11.0. The molecule has 4 heteroatoms. The first-order chi connectivity index (χ1) is 10.2. The molecule has 0 radical (unpaired) electrons. The van der Waals surface area contributed by atoms with E-state index in [0.717, 1.165) is 29.7 Å². The second-order valence-electron chi connectivity index (χ2n) is 5.39. The molecule has 0 aliphatic heterocycles. The highest BCUT2D eigenvalue weighted by Crippen LogP contribution is 2.31. The van der Waals surface area contributed by atoms with Crippen LogP contribution in [0, 0.1) is 5.82 Å². The van der Waals surface area contributed by atoms with Gasteiger partial charge in [-0.2, -0.15) is 0 Å². The van der Waals surface area contributed by atoms with Gasteiger partial charge in [0.2, 0.25) is 0 Å². The molecule has 1 heterocycles. The Bertz CT molecular complexity index is 566. The van der Waals surface area contributed by atoms with Crippen molar-refractivity contribution in [3.8, 4) is 11.1 Å². The summed E-state index contributed by atoms with van der Waals surface area (Å²) >= 11 is 0. The van der Waals surface area contributed by atoms with Gasteiger partial charge in [0, 0.05) is 6.42 Å². The van der Waals surface area contributed by atoms with Crippen LogP contribution in [0.4, 0.5) is 10.2 Å².